The molecule has 108 valence electrons. The van der Waals surface area contributed by atoms with Crippen molar-refractivity contribution in [3.63, 3.8) is 0 Å². The summed E-state index contributed by atoms with van der Waals surface area (Å²) < 4.78 is 13.1. The highest BCUT2D eigenvalue weighted by molar-refractivity contribution is 5.91. The molecule has 4 nitrogen and oxygen atoms in total. The number of carboxylic acid groups (broad SMARTS) is 1. The van der Waals surface area contributed by atoms with Crippen LogP contribution in [-0.2, 0) is 16.1 Å². The van der Waals surface area contributed by atoms with Crippen LogP contribution in [-0.4, -0.2) is 17.0 Å². The maximum atomic E-state index is 13.1. The Morgan fingerprint density at radius 1 is 1.35 bits per heavy atom. The number of aryl methyl sites for hydroxylation is 1. The normalized spacial score (nSPS) is 23.2. The lowest BCUT2D eigenvalue weighted by atomic mass is 10.1. The van der Waals surface area contributed by atoms with E-state index in [2.05, 4.69) is 5.32 Å². The number of carbonyl (C=O) groups is 2. The van der Waals surface area contributed by atoms with Gasteiger partial charge in [-0.1, -0.05) is 26.0 Å². The van der Waals surface area contributed by atoms with Crippen LogP contribution < -0.4 is 5.32 Å². The topological polar surface area (TPSA) is 66.4 Å². The molecule has 0 heterocycles. The fourth-order valence-electron chi connectivity index (χ4n) is 2.70. The van der Waals surface area contributed by atoms with Crippen molar-refractivity contribution in [2.45, 2.75) is 27.3 Å². The Hall–Kier alpha value is -1.91. The third-order valence-corrected chi connectivity index (χ3v) is 4.06. The molecule has 0 bridgehead atoms. The minimum absolute atomic E-state index is 0.260. The number of carboxylic acids is 1. The molecule has 0 radical (unpaired) electrons. The number of hydrogen-bond donors (Lipinski definition) is 2. The van der Waals surface area contributed by atoms with E-state index in [0.717, 1.165) is 5.56 Å². The van der Waals surface area contributed by atoms with Crippen molar-refractivity contribution in [1.29, 1.82) is 0 Å². The first-order valence-corrected chi connectivity index (χ1v) is 6.50. The Labute approximate surface area is 117 Å². The highest BCUT2D eigenvalue weighted by atomic mass is 19.1. The molecule has 5 heteroatoms. The molecule has 1 saturated carbocycles. The number of aliphatic carboxylic acids is 1. The number of rotatable bonds is 4. The van der Waals surface area contributed by atoms with E-state index in [4.69, 9.17) is 5.11 Å². The predicted molar refractivity (Wildman–Crippen MR) is 71.4 cm³/mol. The molecule has 1 aliphatic rings. The molecule has 0 unspecified atom stereocenters. The van der Waals surface area contributed by atoms with Crippen LogP contribution in [0.3, 0.4) is 0 Å². The summed E-state index contributed by atoms with van der Waals surface area (Å²) in [5.74, 6) is -2.61. The molecule has 1 aromatic rings. The van der Waals surface area contributed by atoms with E-state index in [9.17, 15) is 14.0 Å². The monoisotopic (exact) mass is 279 g/mol. The second-order valence-corrected chi connectivity index (χ2v) is 5.92. The molecule has 0 aromatic heterocycles. The number of benzene rings is 1. The zero-order chi connectivity index (χ0) is 15.1. The van der Waals surface area contributed by atoms with Crippen molar-refractivity contribution < 1.29 is 19.1 Å². The largest absolute Gasteiger partial charge is 0.481 e. The first kappa shape index (κ1) is 14.5. The number of hydrogen-bond acceptors (Lipinski definition) is 2. The van der Waals surface area contributed by atoms with Crippen molar-refractivity contribution in [3.8, 4) is 0 Å². The van der Waals surface area contributed by atoms with Gasteiger partial charge in [0.05, 0.1) is 11.8 Å². The molecular formula is C15H18FNO3. The van der Waals surface area contributed by atoms with Crippen LogP contribution in [0.15, 0.2) is 18.2 Å². The molecule has 0 saturated heterocycles. The zero-order valence-corrected chi connectivity index (χ0v) is 11.7. The van der Waals surface area contributed by atoms with Gasteiger partial charge in [0, 0.05) is 6.54 Å². The van der Waals surface area contributed by atoms with Crippen molar-refractivity contribution in [1.82, 2.24) is 5.32 Å². The summed E-state index contributed by atoms with van der Waals surface area (Å²) in [7, 11) is 0. The van der Waals surface area contributed by atoms with Crippen LogP contribution in [0.25, 0.3) is 0 Å². The molecule has 1 amide bonds. The number of nitrogens with one attached hydrogen (secondary N) is 1. The summed E-state index contributed by atoms with van der Waals surface area (Å²) >= 11 is 0. The van der Waals surface area contributed by atoms with E-state index in [0.29, 0.717) is 5.56 Å². The average Bonchev–Trinajstić information content (AvgIpc) is 2.94. The predicted octanol–water partition coefficient (Wildman–Crippen LogP) is 2.11. The molecule has 1 aliphatic carbocycles. The molecule has 2 rings (SSSR count). The van der Waals surface area contributed by atoms with Gasteiger partial charge in [0.2, 0.25) is 5.91 Å². The maximum Gasteiger partial charge on any atom is 0.307 e. The molecule has 20 heavy (non-hydrogen) atoms. The summed E-state index contributed by atoms with van der Waals surface area (Å²) in [5.41, 5.74) is 0.809. The molecule has 1 aromatic carbocycles. The highest BCUT2D eigenvalue weighted by Gasteiger charge is 2.65. The lowest BCUT2D eigenvalue weighted by Gasteiger charge is -2.07. The van der Waals surface area contributed by atoms with E-state index < -0.39 is 23.2 Å². The molecular weight excluding hydrogens is 261 g/mol. The molecule has 1 fully saturated rings. The minimum atomic E-state index is -0.937. The van der Waals surface area contributed by atoms with Gasteiger partial charge in [-0.2, -0.15) is 0 Å². The standard InChI is InChI=1S/C15H18FNO3/c1-8-6-9(4-5-10(8)16)7-17-13(18)11-12(14(19)20)15(11,2)3/h4-6,11-12H,7H2,1-3H3,(H,17,18)(H,19,20)/t11-,12+/m0/s1. The number of carbonyl (C=O) groups excluding carboxylic acids is 1. The Bertz CT molecular complexity index is 568. The number of amides is 1. The summed E-state index contributed by atoms with van der Waals surface area (Å²) in [6.07, 6.45) is 0. The van der Waals surface area contributed by atoms with Crippen LogP contribution in [0.4, 0.5) is 4.39 Å². The average molecular weight is 279 g/mol. The Kier molecular flexibility index (Phi) is 3.54. The second-order valence-electron chi connectivity index (χ2n) is 5.92. The van der Waals surface area contributed by atoms with Gasteiger partial charge in [-0.05, 0) is 29.5 Å². The van der Waals surface area contributed by atoms with Crippen LogP contribution in [0.2, 0.25) is 0 Å². The Balaban J connectivity index is 1.96. The van der Waals surface area contributed by atoms with Crippen LogP contribution >= 0.6 is 0 Å². The van der Waals surface area contributed by atoms with Gasteiger partial charge in [-0.15, -0.1) is 0 Å². The van der Waals surface area contributed by atoms with Gasteiger partial charge < -0.3 is 10.4 Å². The van der Waals surface area contributed by atoms with E-state index in [1.54, 1.807) is 32.9 Å². The van der Waals surface area contributed by atoms with Crippen molar-refractivity contribution >= 4 is 11.9 Å². The molecule has 2 N–H and O–H groups in total. The van der Waals surface area contributed by atoms with Crippen LogP contribution in [0.1, 0.15) is 25.0 Å². The second kappa shape index (κ2) is 4.89. The molecule has 0 aliphatic heterocycles. The Morgan fingerprint density at radius 2 is 2.00 bits per heavy atom. The van der Waals surface area contributed by atoms with Crippen molar-refractivity contribution in [2.24, 2.45) is 17.3 Å². The summed E-state index contributed by atoms with van der Waals surface area (Å²) in [4.78, 5) is 23.0. The summed E-state index contributed by atoms with van der Waals surface area (Å²) in [5, 5.41) is 11.8. The van der Waals surface area contributed by atoms with Crippen LogP contribution in [0, 0.1) is 30.0 Å². The van der Waals surface area contributed by atoms with E-state index in [1.165, 1.54) is 6.07 Å². The molecule has 0 spiro atoms. The van der Waals surface area contributed by atoms with E-state index in [-0.39, 0.29) is 18.3 Å². The third kappa shape index (κ3) is 2.53. The van der Waals surface area contributed by atoms with E-state index in [1.807, 2.05) is 0 Å². The fourth-order valence-corrected chi connectivity index (χ4v) is 2.70. The van der Waals surface area contributed by atoms with Crippen LogP contribution in [0.5, 0.6) is 0 Å². The highest BCUT2D eigenvalue weighted by Crippen LogP contribution is 2.58. The first-order chi connectivity index (χ1) is 9.25. The van der Waals surface area contributed by atoms with Gasteiger partial charge >= 0.3 is 5.97 Å². The maximum absolute atomic E-state index is 13.1. The quantitative estimate of drug-likeness (QED) is 0.887. The van der Waals surface area contributed by atoms with E-state index >= 15 is 0 Å². The van der Waals surface area contributed by atoms with Gasteiger partial charge in [-0.3, -0.25) is 9.59 Å². The third-order valence-electron chi connectivity index (χ3n) is 4.06. The lowest BCUT2D eigenvalue weighted by molar-refractivity contribution is -0.140. The number of halogens is 1. The Morgan fingerprint density at radius 3 is 2.50 bits per heavy atom. The summed E-state index contributed by atoms with van der Waals surface area (Å²) in [6, 6.07) is 4.63. The van der Waals surface area contributed by atoms with Gasteiger partial charge in [0.15, 0.2) is 0 Å². The fraction of sp³-hybridized carbons (Fsp3) is 0.467. The van der Waals surface area contributed by atoms with Gasteiger partial charge in [-0.25, -0.2) is 4.39 Å². The molecule has 2 atom stereocenters. The SMILES string of the molecule is Cc1cc(CNC(=O)[C@@H]2[C@H](C(=O)O)C2(C)C)ccc1F. The zero-order valence-electron chi connectivity index (χ0n) is 11.7. The summed E-state index contributed by atoms with van der Waals surface area (Å²) in [6.45, 7) is 5.49. The lowest BCUT2D eigenvalue weighted by Crippen LogP contribution is -2.26. The van der Waals surface area contributed by atoms with Crippen molar-refractivity contribution in [2.75, 3.05) is 0 Å². The smallest absolute Gasteiger partial charge is 0.307 e. The van der Waals surface area contributed by atoms with Gasteiger partial charge in [0.25, 0.3) is 0 Å². The van der Waals surface area contributed by atoms with Gasteiger partial charge in [0.1, 0.15) is 5.82 Å². The minimum Gasteiger partial charge on any atom is -0.481 e. The first-order valence-electron chi connectivity index (χ1n) is 6.50. The van der Waals surface area contributed by atoms with Crippen molar-refractivity contribution in [3.05, 3.63) is 35.1 Å².